The number of aromatic nitrogens is 2. The molecule has 0 spiro atoms. The highest BCUT2D eigenvalue weighted by Crippen LogP contribution is 2.51. The number of halogens is 7. The number of nitrogens with zero attached hydrogens (tertiary/aromatic N) is 5. The van der Waals surface area contributed by atoms with Gasteiger partial charge in [0.05, 0.1) is 17.3 Å². The van der Waals surface area contributed by atoms with Gasteiger partial charge in [0.25, 0.3) is 0 Å². The molecule has 4 aliphatic rings. The zero-order chi connectivity index (χ0) is 39.0. The van der Waals surface area contributed by atoms with Crippen LogP contribution < -0.4 is 16.7 Å². The second-order valence-electron chi connectivity index (χ2n) is 14.8. The molecule has 298 valence electrons. The fraction of sp³-hybridized carbons (Fsp3) is 0.639. The zero-order valence-corrected chi connectivity index (χ0v) is 36.4. The number of amides is 3. The van der Waals surface area contributed by atoms with Crippen LogP contribution in [-0.4, -0.2) is 125 Å². The van der Waals surface area contributed by atoms with Crippen molar-refractivity contribution in [1.82, 2.24) is 34.5 Å². The van der Waals surface area contributed by atoms with E-state index in [1.165, 1.54) is 16.7 Å². The van der Waals surface area contributed by atoms with Gasteiger partial charge in [-0.3, -0.25) is 14.3 Å². The lowest BCUT2D eigenvalue weighted by molar-refractivity contribution is -0.137. The van der Waals surface area contributed by atoms with Crippen LogP contribution in [0.3, 0.4) is 0 Å². The third-order valence-corrected chi connectivity index (χ3v) is 14.3. The smallest absolute Gasteiger partial charge is 0.338 e. The fourth-order valence-corrected chi connectivity index (χ4v) is 12.2. The summed E-state index contributed by atoms with van der Waals surface area (Å²) in [4.78, 5) is 52.3. The Morgan fingerprint density at radius 2 is 1.61 bits per heavy atom. The number of piperidine rings is 2. The number of carbonyl (C=O) groups excluding carboxylic acids is 2. The van der Waals surface area contributed by atoms with Crippen LogP contribution in [-0.2, 0) is 11.0 Å². The van der Waals surface area contributed by atoms with Crippen LogP contribution in [0.15, 0.2) is 46.9 Å². The molecule has 0 bridgehead atoms. The van der Waals surface area contributed by atoms with Gasteiger partial charge in [-0.2, -0.15) is 13.2 Å². The predicted octanol–water partition coefficient (Wildman–Crippen LogP) is 6.23. The van der Waals surface area contributed by atoms with Gasteiger partial charge in [-0.05, 0) is 70.3 Å². The number of alkyl halides is 7. The van der Waals surface area contributed by atoms with Crippen LogP contribution in [0, 0.1) is 0 Å². The van der Waals surface area contributed by atoms with Crippen molar-refractivity contribution in [2.24, 2.45) is 5.73 Å². The molecule has 11 nitrogen and oxygen atoms in total. The summed E-state index contributed by atoms with van der Waals surface area (Å²) in [6.45, 7) is 8.88. The van der Waals surface area contributed by atoms with Gasteiger partial charge in [0.15, 0.2) is 0 Å². The predicted molar refractivity (Wildman–Crippen MR) is 217 cm³/mol. The van der Waals surface area contributed by atoms with Crippen molar-refractivity contribution < 1.29 is 22.8 Å². The third kappa shape index (κ3) is 9.69. The molecule has 1 aromatic carbocycles. The van der Waals surface area contributed by atoms with E-state index in [1.807, 2.05) is 11.0 Å². The zero-order valence-electron chi connectivity index (χ0n) is 30.1. The molecule has 3 aliphatic heterocycles. The minimum atomic E-state index is -4.50. The molecule has 18 heteroatoms. The van der Waals surface area contributed by atoms with Crippen LogP contribution >= 0.6 is 63.7 Å². The molecule has 3 saturated heterocycles. The molecular formula is C36H47Br4F3N8O3. The number of urea groups is 1. The van der Waals surface area contributed by atoms with Crippen molar-refractivity contribution in [2.75, 3.05) is 58.9 Å². The molecule has 54 heavy (non-hydrogen) atoms. The molecule has 3 amide bonds. The lowest BCUT2D eigenvalue weighted by atomic mass is 9.90. The van der Waals surface area contributed by atoms with Gasteiger partial charge >= 0.3 is 17.9 Å². The van der Waals surface area contributed by atoms with Gasteiger partial charge in [0.2, 0.25) is 5.91 Å². The van der Waals surface area contributed by atoms with Crippen molar-refractivity contribution in [3.8, 4) is 11.3 Å². The van der Waals surface area contributed by atoms with Crippen LogP contribution in [0.1, 0.15) is 57.1 Å². The second kappa shape index (κ2) is 17.0. The number of nitrogens with two attached hydrogens (primary N) is 1. The summed E-state index contributed by atoms with van der Waals surface area (Å²) in [5, 5.41) is 3.07. The average molecular weight is 1020 g/mol. The largest absolute Gasteiger partial charge is 0.416 e. The Morgan fingerprint density at radius 1 is 0.963 bits per heavy atom. The van der Waals surface area contributed by atoms with Crippen molar-refractivity contribution >= 4 is 75.7 Å². The SMILES string of the molecule is CCN1CCC(N2CCN(C(=O)[C@@H](CC3=CC(Br)(Br)C(N)C(Br)(Br)C3)NC(=O)N3CCC(n4cc(-c5cccc(C(F)(F)F)c5)[nH]c4=O)CC3)CC2)CC1. The number of imidazole rings is 1. The monoisotopic (exact) mass is 1010 g/mol. The molecule has 4 N–H and O–H groups in total. The topological polar surface area (TPSA) is 123 Å². The van der Waals surface area contributed by atoms with E-state index in [1.54, 1.807) is 11.1 Å². The Labute approximate surface area is 347 Å². The summed E-state index contributed by atoms with van der Waals surface area (Å²) >= 11 is 14.8. The van der Waals surface area contributed by atoms with E-state index in [9.17, 15) is 27.6 Å². The Morgan fingerprint density at radius 3 is 2.22 bits per heavy atom. The molecule has 3 fully saturated rings. The fourth-order valence-electron chi connectivity index (χ4n) is 8.11. The van der Waals surface area contributed by atoms with Crippen molar-refractivity contribution in [2.45, 2.75) is 82.3 Å². The van der Waals surface area contributed by atoms with Crippen LogP contribution in [0.25, 0.3) is 11.3 Å². The van der Waals surface area contributed by atoms with Gasteiger partial charge in [-0.1, -0.05) is 94.4 Å². The first-order valence-electron chi connectivity index (χ1n) is 18.5. The van der Waals surface area contributed by atoms with Gasteiger partial charge in [0.1, 0.15) is 12.5 Å². The Hall–Kier alpha value is -1.70. The number of nitrogens with one attached hydrogen (secondary N) is 2. The lowest BCUT2D eigenvalue weighted by Gasteiger charge is -2.44. The number of hydrogen-bond acceptors (Lipinski definition) is 6. The summed E-state index contributed by atoms with van der Waals surface area (Å²) in [5.74, 6) is -0.125. The first kappa shape index (κ1) is 41.9. The number of aromatic amines is 1. The Kier molecular flexibility index (Phi) is 13.2. The number of rotatable bonds is 8. The third-order valence-electron chi connectivity index (χ3n) is 11.3. The van der Waals surface area contributed by atoms with Crippen LogP contribution in [0.2, 0.25) is 0 Å². The molecule has 2 aromatic rings. The van der Waals surface area contributed by atoms with E-state index in [2.05, 4.69) is 90.7 Å². The minimum absolute atomic E-state index is 0.125. The molecule has 6 rings (SSSR count). The average Bonchev–Trinajstić information content (AvgIpc) is 3.54. The van der Waals surface area contributed by atoms with E-state index in [-0.39, 0.29) is 29.6 Å². The number of likely N-dealkylation sites (tertiary alicyclic amines) is 2. The Balaban J connectivity index is 1.11. The maximum absolute atomic E-state index is 14.3. The molecular weight excluding hydrogens is 969 g/mol. The summed E-state index contributed by atoms with van der Waals surface area (Å²) in [7, 11) is 0. The van der Waals surface area contributed by atoms with Gasteiger partial charge in [0, 0.05) is 63.1 Å². The Bertz CT molecular complexity index is 1740. The lowest BCUT2D eigenvalue weighted by Crippen LogP contribution is -2.59. The number of hydrogen-bond donors (Lipinski definition) is 3. The van der Waals surface area contributed by atoms with E-state index in [0.717, 1.165) is 63.3 Å². The van der Waals surface area contributed by atoms with Gasteiger partial charge in [-0.15, -0.1) is 0 Å². The summed E-state index contributed by atoms with van der Waals surface area (Å²) in [6.07, 6.45) is 2.99. The number of H-pyrrole nitrogens is 1. The molecule has 0 saturated carbocycles. The quantitative estimate of drug-likeness (QED) is 0.213. The molecule has 4 heterocycles. The minimum Gasteiger partial charge on any atom is -0.338 e. The van der Waals surface area contributed by atoms with E-state index in [4.69, 9.17) is 5.73 Å². The first-order chi connectivity index (χ1) is 25.4. The summed E-state index contributed by atoms with van der Waals surface area (Å²) in [6, 6.07) is 3.54. The standard InChI is InChI=1S/C36H47Br4F3N8O3/c1-2-47-10-6-26(7-11-47)48-14-16-49(17-15-48)30(52)28(18-23-20-34(37,38)31(44)35(39,40)21-23)45-32(53)50-12-8-27(9-13-50)51-22-29(46-33(51)54)24-4-3-5-25(19-24)36(41,42)43/h3-5,19-20,22,26-28,31H,2,6-18,21,44H2,1H3,(H,45,53)(H,46,54)/t28-,31?/m1/s1. The van der Waals surface area contributed by atoms with E-state index >= 15 is 0 Å². The molecule has 0 radical (unpaired) electrons. The number of piperazine rings is 1. The maximum Gasteiger partial charge on any atom is 0.416 e. The van der Waals surface area contributed by atoms with Crippen molar-refractivity contribution in [1.29, 1.82) is 0 Å². The number of benzene rings is 1. The van der Waals surface area contributed by atoms with Crippen LogP contribution in [0.4, 0.5) is 18.0 Å². The van der Waals surface area contributed by atoms with E-state index in [0.29, 0.717) is 63.6 Å². The molecule has 1 unspecified atom stereocenters. The van der Waals surface area contributed by atoms with E-state index < -0.39 is 29.9 Å². The summed E-state index contributed by atoms with van der Waals surface area (Å²) in [5.41, 5.74) is 6.75. The second-order valence-corrected chi connectivity index (χ2v) is 22.4. The van der Waals surface area contributed by atoms with Gasteiger partial charge < -0.3 is 30.7 Å². The maximum atomic E-state index is 14.3. The normalized spacial score (nSPS) is 23.9. The number of carbonyl (C=O) groups is 2. The van der Waals surface area contributed by atoms with Crippen LogP contribution in [0.5, 0.6) is 0 Å². The molecule has 1 aromatic heterocycles. The molecule has 1 aliphatic carbocycles. The highest BCUT2D eigenvalue weighted by Gasteiger charge is 2.48. The highest BCUT2D eigenvalue weighted by atomic mass is 79.9. The first-order valence-corrected chi connectivity index (χ1v) is 21.6. The van der Waals surface area contributed by atoms with Gasteiger partial charge in [-0.25, -0.2) is 9.59 Å². The highest BCUT2D eigenvalue weighted by molar-refractivity contribution is 9.26. The van der Waals surface area contributed by atoms with Crippen molar-refractivity contribution in [3.05, 3.63) is 58.2 Å². The van der Waals surface area contributed by atoms with Crippen molar-refractivity contribution in [3.63, 3.8) is 0 Å². The molecule has 2 atom stereocenters. The summed E-state index contributed by atoms with van der Waals surface area (Å²) < 4.78 is 40.1.